The highest BCUT2D eigenvalue weighted by atomic mass is 28.4. The van der Waals surface area contributed by atoms with E-state index in [2.05, 4.69) is 66.9 Å². The van der Waals surface area contributed by atoms with Gasteiger partial charge in [-0.2, -0.15) is 0 Å². The van der Waals surface area contributed by atoms with Crippen LogP contribution in [0.25, 0.3) is 0 Å². The van der Waals surface area contributed by atoms with E-state index in [0.29, 0.717) is 22.9 Å². The Kier molecular flexibility index (Phi) is 7.23. The molecule has 0 bridgehead atoms. The molecule has 0 saturated heterocycles. The Morgan fingerprint density at radius 2 is 1.70 bits per heavy atom. The minimum absolute atomic E-state index is 0.517. The van der Waals surface area contributed by atoms with Crippen molar-refractivity contribution >= 4 is 8.32 Å². The van der Waals surface area contributed by atoms with Crippen LogP contribution in [-0.4, -0.2) is 14.4 Å². The van der Waals surface area contributed by atoms with Crippen molar-refractivity contribution in [3.63, 3.8) is 0 Å². The highest BCUT2D eigenvalue weighted by Crippen LogP contribution is 2.67. The van der Waals surface area contributed by atoms with Crippen molar-refractivity contribution in [3.05, 3.63) is 23.8 Å². The molecule has 7 unspecified atom stereocenters. The molecular formula is C31H54OSi. The number of rotatable bonds is 7. The first-order valence-corrected chi connectivity index (χ1v) is 17.8. The van der Waals surface area contributed by atoms with Crippen molar-refractivity contribution < 1.29 is 4.43 Å². The molecule has 0 aromatic rings. The summed E-state index contributed by atoms with van der Waals surface area (Å²) in [6.07, 6.45) is 16.9. The molecule has 8 atom stereocenters. The third-order valence-corrected chi connectivity index (χ3v) is 12.1. The Bertz CT molecular complexity index is 759. The van der Waals surface area contributed by atoms with Crippen LogP contribution in [0, 0.1) is 46.3 Å². The lowest BCUT2D eigenvalue weighted by atomic mass is 9.47. The molecule has 0 radical (unpaired) electrons. The molecule has 4 rings (SSSR count). The van der Waals surface area contributed by atoms with E-state index in [0.717, 1.165) is 29.6 Å². The quantitative estimate of drug-likeness (QED) is 0.266. The summed E-state index contributed by atoms with van der Waals surface area (Å²) in [6.45, 7) is 24.0. The van der Waals surface area contributed by atoms with E-state index < -0.39 is 8.32 Å². The Morgan fingerprint density at radius 1 is 1.03 bits per heavy atom. The average molecular weight is 471 g/mol. The summed E-state index contributed by atoms with van der Waals surface area (Å²) in [5.41, 5.74) is 4.41. The summed E-state index contributed by atoms with van der Waals surface area (Å²) in [5, 5.41) is 0. The number of hydrogen-bond donors (Lipinski definition) is 0. The maximum absolute atomic E-state index is 6.60. The van der Waals surface area contributed by atoms with Crippen LogP contribution in [0.2, 0.25) is 19.6 Å². The molecular weight excluding hydrogens is 416 g/mol. The minimum Gasteiger partial charge on any atom is -0.415 e. The third-order valence-electron chi connectivity index (χ3n) is 11.0. The Balaban J connectivity index is 1.47. The van der Waals surface area contributed by atoms with Crippen LogP contribution in [0.3, 0.4) is 0 Å². The lowest BCUT2D eigenvalue weighted by Gasteiger charge is -2.58. The van der Waals surface area contributed by atoms with Crippen LogP contribution < -0.4 is 0 Å². The van der Waals surface area contributed by atoms with Gasteiger partial charge in [-0.25, -0.2) is 0 Å². The van der Waals surface area contributed by atoms with Gasteiger partial charge in [0.25, 0.3) is 0 Å². The fourth-order valence-corrected chi connectivity index (χ4v) is 10.2. The highest BCUT2D eigenvalue weighted by Gasteiger charge is 2.58. The zero-order chi connectivity index (χ0) is 24.2. The second-order valence-electron chi connectivity index (χ2n) is 14.4. The molecule has 0 spiro atoms. The first kappa shape index (κ1) is 25.7. The minimum atomic E-state index is -1.45. The first-order valence-electron chi connectivity index (χ1n) is 14.4. The topological polar surface area (TPSA) is 9.23 Å². The maximum Gasteiger partial charge on any atom is 0.184 e. The molecule has 0 aromatic heterocycles. The number of hydrogen-bond acceptors (Lipinski definition) is 1. The summed E-state index contributed by atoms with van der Waals surface area (Å²) in [7, 11) is -1.45. The third kappa shape index (κ3) is 4.86. The van der Waals surface area contributed by atoms with Gasteiger partial charge in [0, 0.05) is 6.10 Å². The molecule has 0 heterocycles. The molecule has 33 heavy (non-hydrogen) atoms. The summed E-state index contributed by atoms with van der Waals surface area (Å²) < 4.78 is 6.60. The molecule has 0 amide bonds. The predicted octanol–water partition coefficient (Wildman–Crippen LogP) is 9.41. The molecule has 188 valence electrons. The van der Waals surface area contributed by atoms with Crippen LogP contribution in [0.1, 0.15) is 98.8 Å². The van der Waals surface area contributed by atoms with Gasteiger partial charge in [0.2, 0.25) is 0 Å². The molecule has 3 saturated carbocycles. The zero-order valence-corrected chi connectivity index (χ0v) is 24.3. The van der Waals surface area contributed by atoms with Crippen molar-refractivity contribution in [2.24, 2.45) is 46.3 Å². The van der Waals surface area contributed by atoms with Crippen LogP contribution >= 0.6 is 0 Å². The van der Waals surface area contributed by atoms with Gasteiger partial charge in [0.05, 0.1) is 0 Å². The van der Waals surface area contributed by atoms with E-state index in [1.807, 2.05) is 5.57 Å². The fourth-order valence-electron chi connectivity index (χ4n) is 8.96. The van der Waals surface area contributed by atoms with Crippen molar-refractivity contribution in [2.45, 2.75) is 125 Å². The smallest absolute Gasteiger partial charge is 0.184 e. The molecule has 0 aliphatic heterocycles. The van der Waals surface area contributed by atoms with Crippen LogP contribution in [0.5, 0.6) is 0 Å². The molecule has 2 heteroatoms. The van der Waals surface area contributed by atoms with Gasteiger partial charge in [-0.1, -0.05) is 58.4 Å². The van der Waals surface area contributed by atoms with Crippen LogP contribution in [0.4, 0.5) is 0 Å². The van der Waals surface area contributed by atoms with Crippen molar-refractivity contribution in [1.29, 1.82) is 0 Å². The second kappa shape index (κ2) is 9.27. The lowest BCUT2D eigenvalue weighted by molar-refractivity contribution is -0.0383. The molecule has 4 aliphatic rings. The first-order chi connectivity index (χ1) is 15.3. The van der Waals surface area contributed by atoms with Crippen molar-refractivity contribution in [2.75, 3.05) is 0 Å². The summed E-state index contributed by atoms with van der Waals surface area (Å²) >= 11 is 0. The maximum atomic E-state index is 6.60. The number of allylic oxidation sites excluding steroid dienone is 3. The Morgan fingerprint density at radius 3 is 2.36 bits per heavy atom. The van der Waals surface area contributed by atoms with E-state index in [4.69, 9.17) is 4.43 Å². The van der Waals surface area contributed by atoms with E-state index in [1.54, 1.807) is 0 Å². The van der Waals surface area contributed by atoms with E-state index in [9.17, 15) is 0 Å². The Labute approximate surface area is 207 Å². The molecule has 0 aromatic carbocycles. The summed E-state index contributed by atoms with van der Waals surface area (Å²) in [4.78, 5) is 0. The van der Waals surface area contributed by atoms with Crippen LogP contribution in [-0.2, 0) is 4.43 Å². The standard InChI is InChI=1S/C31H54OSi/c1-21(2)22(3)10-11-23(4)27-14-15-28-26-13-12-24-20-25(32-33(7,8)9)16-18-30(24,5)29(26)17-19-31(27,28)6/h13,21,23-25,27-29H,3,10-12,14-20H2,1-2,4-9H3/t23?,24?,25-,27?,28?,29?,30?,31?/m0/s1. The van der Waals surface area contributed by atoms with E-state index in [1.165, 1.54) is 69.8 Å². The highest BCUT2D eigenvalue weighted by molar-refractivity contribution is 6.69. The molecule has 1 nitrogen and oxygen atoms in total. The summed E-state index contributed by atoms with van der Waals surface area (Å²) in [6, 6.07) is 0. The zero-order valence-electron chi connectivity index (χ0n) is 23.3. The van der Waals surface area contributed by atoms with Gasteiger partial charge < -0.3 is 4.43 Å². The van der Waals surface area contributed by atoms with Crippen LogP contribution in [0.15, 0.2) is 23.8 Å². The SMILES string of the molecule is C=C(CCC(C)C1CCC2C3=CCC4C[C@@H](O[Si](C)(C)C)CCC4(C)C3CCC21C)C(C)C. The van der Waals surface area contributed by atoms with Gasteiger partial charge in [-0.3, -0.25) is 0 Å². The second-order valence-corrected chi connectivity index (χ2v) is 18.9. The van der Waals surface area contributed by atoms with Crippen molar-refractivity contribution in [1.82, 2.24) is 0 Å². The largest absolute Gasteiger partial charge is 0.415 e. The summed E-state index contributed by atoms with van der Waals surface area (Å²) in [5.74, 6) is 4.89. The van der Waals surface area contributed by atoms with Crippen molar-refractivity contribution in [3.8, 4) is 0 Å². The predicted molar refractivity (Wildman–Crippen MR) is 146 cm³/mol. The average Bonchev–Trinajstić information content (AvgIpc) is 3.08. The van der Waals surface area contributed by atoms with Gasteiger partial charge in [0.1, 0.15) is 0 Å². The van der Waals surface area contributed by atoms with E-state index >= 15 is 0 Å². The lowest BCUT2D eigenvalue weighted by Crippen LogP contribution is -2.50. The molecule has 0 N–H and O–H groups in total. The molecule has 4 aliphatic carbocycles. The van der Waals surface area contributed by atoms with Gasteiger partial charge in [0.15, 0.2) is 8.32 Å². The fraction of sp³-hybridized carbons (Fsp3) is 0.871. The Hall–Kier alpha value is -0.343. The normalized spacial score (nSPS) is 41.7. The molecule has 3 fully saturated rings. The van der Waals surface area contributed by atoms with Gasteiger partial charge in [-0.15, -0.1) is 0 Å². The van der Waals surface area contributed by atoms with Gasteiger partial charge >= 0.3 is 0 Å². The monoisotopic (exact) mass is 470 g/mol. The van der Waals surface area contributed by atoms with E-state index in [-0.39, 0.29) is 0 Å². The van der Waals surface area contributed by atoms with Gasteiger partial charge in [-0.05, 0) is 130 Å². The number of fused-ring (bicyclic) bond motifs is 5.